The summed E-state index contributed by atoms with van der Waals surface area (Å²) in [6.07, 6.45) is 5.83. The van der Waals surface area contributed by atoms with Gasteiger partial charge in [0.2, 0.25) is 0 Å². The molecule has 0 saturated carbocycles. The molecule has 1 atom stereocenters. The Bertz CT molecular complexity index is 315. The largest absolute Gasteiger partial charge is 0.381 e. The summed E-state index contributed by atoms with van der Waals surface area (Å²) in [4.78, 5) is 4.65. The van der Waals surface area contributed by atoms with E-state index in [1.807, 2.05) is 0 Å². The van der Waals surface area contributed by atoms with E-state index in [1.54, 1.807) is 0 Å². The van der Waals surface area contributed by atoms with Gasteiger partial charge < -0.3 is 20.1 Å². The lowest BCUT2D eigenvalue weighted by Crippen LogP contribution is -2.42. The molecule has 0 amide bonds. The quantitative estimate of drug-likeness (QED) is 0.368. The van der Waals surface area contributed by atoms with Crippen molar-refractivity contribution in [3.8, 4) is 0 Å². The first kappa shape index (κ1) is 20.2. The fourth-order valence-electron chi connectivity index (χ4n) is 2.56. The molecular weight excluding hydrogens is 290 g/mol. The van der Waals surface area contributed by atoms with E-state index < -0.39 is 0 Å². The van der Waals surface area contributed by atoms with E-state index in [9.17, 15) is 0 Å². The molecule has 1 saturated heterocycles. The Hall–Kier alpha value is -0.810. The van der Waals surface area contributed by atoms with E-state index in [1.165, 1.54) is 12.8 Å². The van der Waals surface area contributed by atoms with Gasteiger partial charge in [-0.15, -0.1) is 0 Å². The van der Waals surface area contributed by atoms with Crippen molar-refractivity contribution >= 4 is 5.96 Å². The van der Waals surface area contributed by atoms with Gasteiger partial charge in [0.1, 0.15) is 0 Å². The van der Waals surface area contributed by atoms with Crippen LogP contribution in [-0.4, -0.2) is 51.0 Å². The summed E-state index contributed by atoms with van der Waals surface area (Å²) in [5.74, 6) is 1.68. The Balaban J connectivity index is 2.19. The van der Waals surface area contributed by atoms with Crippen molar-refractivity contribution in [3.63, 3.8) is 0 Å². The van der Waals surface area contributed by atoms with E-state index >= 15 is 0 Å². The molecule has 136 valence electrons. The third-order valence-electron chi connectivity index (χ3n) is 4.00. The number of guanidine groups is 1. The van der Waals surface area contributed by atoms with Crippen molar-refractivity contribution in [2.75, 3.05) is 32.9 Å². The summed E-state index contributed by atoms with van der Waals surface area (Å²) in [6, 6.07) is 0.452. The smallest absolute Gasteiger partial charge is 0.191 e. The molecule has 1 aliphatic heterocycles. The van der Waals surface area contributed by atoms with E-state index in [-0.39, 0.29) is 0 Å². The Kier molecular flexibility index (Phi) is 11.1. The van der Waals surface area contributed by atoms with Gasteiger partial charge in [-0.25, -0.2) is 0 Å². The lowest BCUT2D eigenvalue weighted by molar-refractivity contribution is -0.0318. The van der Waals surface area contributed by atoms with E-state index in [0.29, 0.717) is 12.1 Å². The van der Waals surface area contributed by atoms with Crippen LogP contribution < -0.4 is 10.6 Å². The number of nitrogens with zero attached hydrogens (tertiary/aromatic N) is 1. The average Bonchev–Trinajstić information content (AvgIpc) is 2.53. The second kappa shape index (κ2) is 12.6. The maximum atomic E-state index is 5.88. The lowest BCUT2D eigenvalue weighted by atomic mass is 10.0. The molecule has 1 heterocycles. The topological polar surface area (TPSA) is 54.9 Å². The Morgan fingerprint density at radius 1 is 1.22 bits per heavy atom. The van der Waals surface area contributed by atoms with Gasteiger partial charge in [-0.2, -0.15) is 0 Å². The van der Waals surface area contributed by atoms with Crippen molar-refractivity contribution < 1.29 is 9.47 Å². The van der Waals surface area contributed by atoms with Gasteiger partial charge in [0.25, 0.3) is 0 Å². The van der Waals surface area contributed by atoms with Crippen LogP contribution in [0.2, 0.25) is 0 Å². The molecule has 5 heteroatoms. The summed E-state index contributed by atoms with van der Waals surface area (Å²) in [6.45, 7) is 13.0. The molecule has 1 rings (SSSR count). The minimum Gasteiger partial charge on any atom is -0.381 e. The van der Waals surface area contributed by atoms with Crippen molar-refractivity contribution in [2.24, 2.45) is 10.9 Å². The van der Waals surface area contributed by atoms with Gasteiger partial charge in [-0.3, -0.25) is 4.99 Å². The third-order valence-corrected chi connectivity index (χ3v) is 4.00. The van der Waals surface area contributed by atoms with Crippen molar-refractivity contribution in [3.05, 3.63) is 0 Å². The van der Waals surface area contributed by atoms with Crippen molar-refractivity contribution in [1.82, 2.24) is 10.6 Å². The molecule has 0 aromatic rings. The van der Waals surface area contributed by atoms with Crippen LogP contribution in [0.3, 0.4) is 0 Å². The number of nitrogens with one attached hydrogen (secondary N) is 2. The number of hydrogen-bond acceptors (Lipinski definition) is 3. The minimum absolute atomic E-state index is 0.384. The summed E-state index contributed by atoms with van der Waals surface area (Å²) < 4.78 is 11.2. The summed E-state index contributed by atoms with van der Waals surface area (Å²) in [5, 5.41) is 6.82. The van der Waals surface area contributed by atoms with Gasteiger partial charge >= 0.3 is 0 Å². The van der Waals surface area contributed by atoms with Gasteiger partial charge in [0, 0.05) is 39.0 Å². The van der Waals surface area contributed by atoms with Crippen LogP contribution in [0.25, 0.3) is 0 Å². The maximum absolute atomic E-state index is 5.88. The molecule has 0 aromatic heterocycles. The summed E-state index contributed by atoms with van der Waals surface area (Å²) >= 11 is 0. The number of ether oxygens (including phenoxy) is 2. The Labute approximate surface area is 142 Å². The fraction of sp³-hybridized carbons (Fsp3) is 0.944. The van der Waals surface area contributed by atoms with Crippen LogP contribution in [0.5, 0.6) is 0 Å². The second-order valence-electron chi connectivity index (χ2n) is 6.81. The summed E-state index contributed by atoms with van der Waals surface area (Å²) in [7, 11) is 0. The first-order valence-corrected chi connectivity index (χ1v) is 9.36. The highest BCUT2D eigenvalue weighted by atomic mass is 16.5. The van der Waals surface area contributed by atoms with Crippen LogP contribution in [0.4, 0.5) is 0 Å². The molecule has 1 unspecified atom stereocenters. The molecule has 0 spiro atoms. The molecule has 0 bridgehead atoms. The predicted octanol–water partition coefficient (Wildman–Crippen LogP) is 2.95. The normalized spacial score (nSPS) is 18.2. The zero-order valence-electron chi connectivity index (χ0n) is 15.6. The van der Waals surface area contributed by atoms with Crippen LogP contribution in [0.1, 0.15) is 59.8 Å². The Morgan fingerprint density at radius 3 is 2.61 bits per heavy atom. The average molecular weight is 328 g/mol. The highest BCUT2D eigenvalue weighted by molar-refractivity contribution is 5.79. The van der Waals surface area contributed by atoms with Gasteiger partial charge in [0.15, 0.2) is 5.96 Å². The molecule has 2 N–H and O–H groups in total. The minimum atomic E-state index is 0.384. The Morgan fingerprint density at radius 2 is 1.96 bits per heavy atom. The molecule has 1 aliphatic rings. The molecule has 0 aromatic carbocycles. The van der Waals surface area contributed by atoms with Crippen LogP contribution in [-0.2, 0) is 9.47 Å². The van der Waals surface area contributed by atoms with Crippen LogP contribution in [0.15, 0.2) is 4.99 Å². The number of rotatable bonds is 10. The summed E-state index contributed by atoms with van der Waals surface area (Å²) in [5.41, 5.74) is 0. The predicted molar refractivity (Wildman–Crippen MR) is 97.1 cm³/mol. The maximum Gasteiger partial charge on any atom is 0.191 e. The van der Waals surface area contributed by atoms with E-state index in [4.69, 9.17) is 9.47 Å². The number of aliphatic imine (C=N–C) groups is 1. The van der Waals surface area contributed by atoms with Crippen LogP contribution >= 0.6 is 0 Å². The molecule has 0 radical (unpaired) electrons. The van der Waals surface area contributed by atoms with Gasteiger partial charge in [-0.1, -0.05) is 13.8 Å². The first-order valence-electron chi connectivity index (χ1n) is 9.36. The lowest BCUT2D eigenvalue weighted by Gasteiger charge is -2.22. The van der Waals surface area contributed by atoms with E-state index in [2.05, 4.69) is 43.3 Å². The molecule has 1 fully saturated rings. The fourth-order valence-corrected chi connectivity index (χ4v) is 2.56. The van der Waals surface area contributed by atoms with Crippen molar-refractivity contribution in [2.45, 2.75) is 71.9 Å². The van der Waals surface area contributed by atoms with Crippen LogP contribution in [0, 0.1) is 5.92 Å². The van der Waals surface area contributed by atoms with Gasteiger partial charge in [0.05, 0.1) is 6.10 Å². The number of hydrogen-bond donors (Lipinski definition) is 2. The second-order valence-corrected chi connectivity index (χ2v) is 6.81. The van der Waals surface area contributed by atoms with Crippen molar-refractivity contribution in [1.29, 1.82) is 0 Å². The van der Waals surface area contributed by atoms with E-state index in [0.717, 1.165) is 64.1 Å². The van der Waals surface area contributed by atoms with Gasteiger partial charge in [-0.05, 0) is 51.9 Å². The monoisotopic (exact) mass is 327 g/mol. The molecule has 23 heavy (non-hydrogen) atoms. The zero-order valence-corrected chi connectivity index (χ0v) is 15.6. The third kappa shape index (κ3) is 10.6. The highest BCUT2D eigenvalue weighted by Gasteiger charge is 2.13. The SMILES string of the molecule is CCNC(=NCCCOC1CCOCC1)NC(C)CCC(C)C. The molecule has 5 nitrogen and oxygen atoms in total. The zero-order chi connectivity index (χ0) is 16.9. The first-order chi connectivity index (χ1) is 11.1. The standard InChI is InChI=1S/C18H37N3O2/c1-5-19-18(21-16(4)8-7-15(2)3)20-11-6-12-23-17-9-13-22-14-10-17/h15-17H,5-14H2,1-4H3,(H2,19,20,21). The highest BCUT2D eigenvalue weighted by Crippen LogP contribution is 2.10. The molecular formula is C18H37N3O2. The molecule has 0 aliphatic carbocycles.